The van der Waals surface area contributed by atoms with Crippen LogP contribution in [0.4, 0.5) is 0 Å². The summed E-state index contributed by atoms with van der Waals surface area (Å²) in [6, 6.07) is 1.40. The van der Waals surface area contributed by atoms with Crippen LogP contribution in [0.2, 0.25) is 0 Å². The van der Waals surface area contributed by atoms with Gasteiger partial charge in [0.2, 0.25) is 0 Å². The number of aryl methyl sites for hydroxylation is 1. The largest absolute Gasteiger partial charge is 0.388 e. The van der Waals surface area contributed by atoms with Gasteiger partial charge in [-0.05, 0) is 6.07 Å². The lowest BCUT2D eigenvalue weighted by Gasteiger charge is -2.05. The molecule has 0 saturated carbocycles. The Morgan fingerprint density at radius 2 is 2.40 bits per heavy atom. The molecule has 1 aromatic heterocycles. The molecule has 0 fully saturated rings. The Balaban J connectivity index is 2.69. The molecule has 0 atom stereocenters. The number of hydrogen-bond donors (Lipinski definition) is 3. The molecule has 0 amide bonds. The van der Waals surface area contributed by atoms with E-state index in [-0.39, 0.29) is 23.8 Å². The van der Waals surface area contributed by atoms with Gasteiger partial charge in [0.15, 0.2) is 5.03 Å². The number of aromatic nitrogens is 2. The van der Waals surface area contributed by atoms with Crippen molar-refractivity contribution in [3.8, 4) is 0 Å². The van der Waals surface area contributed by atoms with Crippen LogP contribution in [0.25, 0.3) is 0 Å². The Hall–Kier alpha value is -1.41. The summed E-state index contributed by atoms with van der Waals surface area (Å²) in [6.07, 6.45) is 1.59. The first-order valence-corrected chi connectivity index (χ1v) is 5.72. The normalized spacial score (nSPS) is 11.5. The maximum absolute atomic E-state index is 11.6. The Labute approximate surface area is 87.8 Å². The number of rotatable bonds is 5. The first kappa shape index (κ1) is 11.7. The Morgan fingerprint density at radius 1 is 1.73 bits per heavy atom. The van der Waals surface area contributed by atoms with Crippen molar-refractivity contribution >= 4 is 15.9 Å². The third-order valence-electron chi connectivity index (χ3n) is 1.74. The van der Waals surface area contributed by atoms with Crippen molar-refractivity contribution in [1.29, 1.82) is 5.41 Å². The first-order valence-electron chi connectivity index (χ1n) is 4.24. The van der Waals surface area contributed by atoms with Crippen molar-refractivity contribution in [3.05, 3.63) is 12.3 Å². The van der Waals surface area contributed by atoms with Crippen LogP contribution in [-0.2, 0) is 17.1 Å². The van der Waals surface area contributed by atoms with Gasteiger partial charge in [-0.1, -0.05) is 0 Å². The van der Waals surface area contributed by atoms with Gasteiger partial charge in [0.25, 0.3) is 10.0 Å². The van der Waals surface area contributed by atoms with E-state index in [4.69, 9.17) is 11.1 Å². The van der Waals surface area contributed by atoms with Gasteiger partial charge >= 0.3 is 0 Å². The zero-order valence-electron chi connectivity index (χ0n) is 8.27. The van der Waals surface area contributed by atoms with E-state index in [2.05, 4.69) is 9.82 Å². The van der Waals surface area contributed by atoms with E-state index < -0.39 is 10.0 Å². The summed E-state index contributed by atoms with van der Waals surface area (Å²) in [6.45, 7) is 0.114. The minimum absolute atomic E-state index is 0.0530. The van der Waals surface area contributed by atoms with Gasteiger partial charge in [0.05, 0.1) is 12.0 Å². The Morgan fingerprint density at radius 3 is 2.87 bits per heavy atom. The molecule has 1 heterocycles. The monoisotopic (exact) mass is 231 g/mol. The molecule has 0 bridgehead atoms. The average Bonchev–Trinajstić information content (AvgIpc) is 2.50. The summed E-state index contributed by atoms with van der Waals surface area (Å²) in [7, 11) is -2.00. The fourth-order valence-corrected chi connectivity index (χ4v) is 2.17. The summed E-state index contributed by atoms with van der Waals surface area (Å²) in [5.74, 6) is -0.0530. The highest BCUT2D eigenvalue weighted by Crippen LogP contribution is 2.05. The molecule has 0 aliphatic heterocycles. The molecule has 0 radical (unpaired) electrons. The molecule has 8 heteroatoms. The predicted octanol–water partition coefficient (Wildman–Crippen LogP) is -0.976. The minimum atomic E-state index is -3.55. The highest BCUT2D eigenvalue weighted by atomic mass is 32.2. The third kappa shape index (κ3) is 3.03. The lowest BCUT2D eigenvalue weighted by molar-refractivity contribution is 0.564. The molecule has 0 unspecified atom stereocenters. The van der Waals surface area contributed by atoms with Gasteiger partial charge in [-0.25, -0.2) is 13.1 Å². The number of nitrogens with two attached hydrogens (primary N) is 1. The highest BCUT2D eigenvalue weighted by Gasteiger charge is 2.16. The topological polar surface area (TPSA) is 114 Å². The SMILES string of the molecule is Cn1nccc1S(=O)(=O)NCCC(=N)N. The molecule has 0 aromatic carbocycles. The summed E-state index contributed by atoms with van der Waals surface area (Å²) in [5.41, 5.74) is 5.10. The van der Waals surface area contributed by atoms with Crippen molar-refractivity contribution in [2.24, 2.45) is 12.8 Å². The number of nitrogens with zero attached hydrogens (tertiary/aromatic N) is 2. The summed E-state index contributed by atoms with van der Waals surface area (Å²) < 4.78 is 26.8. The lowest BCUT2D eigenvalue weighted by Crippen LogP contribution is -2.29. The number of sulfonamides is 1. The zero-order chi connectivity index (χ0) is 11.5. The van der Waals surface area contributed by atoms with Crippen molar-refractivity contribution in [3.63, 3.8) is 0 Å². The Bertz CT molecular complexity index is 450. The van der Waals surface area contributed by atoms with Crippen LogP contribution in [0.15, 0.2) is 17.3 Å². The van der Waals surface area contributed by atoms with Crippen molar-refractivity contribution in [1.82, 2.24) is 14.5 Å². The second-order valence-electron chi connectivity index (χ2n) is 2.97. The van der Waals surface area contributed by atoms with Gasteiger partial charge in [0, 0.05) is 20.0 Å². The van der Waals surface area contributed by atoms with Crippen molar-refractivity contribution in [2.45, 2.75) is 11.4 Å². The van der Waals surface area contributed by atoms with Crippen LogP contribution in [0.1, 0.15) is 6.42 Å². The van der Waals surface area contributed by atoms with Crippen LogP contribution >= 0.6 is 0 Å². The summed E-state index contributed by atoms with van der Waals surface area (Å²) >= 11 is 0. The molecular formula is C7H13N5O2S. The molecule has 0 spiro atoms. The quantitative estimate of drug-likeness (QED) is 0.446. The highest BCUT2D eigenvalue weighted by molar-refractivity contribution is 7.89. The second-order valence-corrected chi connectivity index (χ2v) is 4.68. The van der Waals surface area contributed by atoms with Gasteiger partial charge in [-0.3, -0.25) is 10.1 Å². The maximum Gasteiger partial charge on any atom is 0.257 e. The van der Waals surface area contributed by atoms with Crippen LogP contribution in [0.5, 0.6) is 0 Å². The van der Waals surface area contributed by atoms with Crippen LogP contribution in [-0.4, -0.2) is 30.6 Å². The maximum atomic E-state index is 11.6. The first-order chi connectivity index (χ1) is 6.93. The van der Waals surface area contributed by atoms with Gasteiger partial charge in [-0.15, -0.1) is 0 Å². The van der Waals surface area contributed by atoms with Crippen LogP contribution in [0.3, 0.4) is 0 Å². The molecular weight excluding hydrogens is 218 g/mol. The predicted molar refractivity (Wildman–Crippen MR) is 54.9 cm³/mol. The van der Waals surface area contributed by atoms with E-state index in [9.17, 15) is 8.42 Å². The van der Waals surface area contributed by atoms with Gasteiger partial charge in [-0.2, -0.15) is 5.10 Å². The van der Waals surface area contributed by atoms with Crippen molar-refractivity contribution in [2.75, 3.05) is 6.54 Å². The molecule has 1 aromatic rings. The second kappa shape index (κ2) is 4.41. The molecule has 7 nitrogen and oxygen atoms in total. The molecule has 4 N–H and O–H groups in total. The van der Waals surface area contributed by atoms with Gasteiger partial charge < -0.3 is 5.73 Å². The van der Waals surface area contributed by atoms with Gasteiger partial charge in [0.1, 0.15) is 0 Å². The van der Waals surface area contributed by atoms with Crippen LogP contribution in [0, 0.1) is 5.41 Å². The van der Waals surface area contributed by atoms with E-state index in [0.717, 1.165) is 0 Å². The fourth-order valence-electron chi connectivity index (χ4n) is 1.02. The lowest BCUT2D eigenvalue weighted by atomic mass is 10.4. The molecule has 0 aliphatic rings. The molecule has 0 aliphatic carbocycles. The van der Waals surface area contributed by atoms with E-state index in [1.54, 1.807) is 7.05 Å². The number of hydrogen-bond acceptors (Lipinski definition) is 4. The minimum Gasteiger partial charge on any atom is -0.388 e. The third-order valence-corrected chi connectivity index (χ3v) is 3.27. The zero-order valence-corrected chi connectivity index (χ0v) is 9.08. The summed E-state index contributed by atoms with van der Waals surface area (Å²) in [5, 5.41) is 10.8. The molecule has 0 saturated heterocycles. The molecule has 84 valence electrons. The smallest absolute Gasteiger partial charge is 0.257 e. The van der Waals surface area contributed by atoms with E-state index in [1.165, 1.54) is 16.9 Å². The standard InChI is InChI=1S/C7H13N5O2S/c1-12-7(3-4-10-12)15(13,14)11-5-2-6(8)9/h3-4,11H,2,5H2,1H3,(H3,8,9). The fraction of sp³-hybridized carbons (Fsp3) is 0.429. The Kier molecular flexibility index (Phi) is 3.43. The van der Waals surface area contributed by atoms with Crippen molar-refractivity contribution < 1.29 is 8.42 Å². The molecule has 15 heavy (non-hydrogen) atoms. The average molecular weight is 231 g/mol. The van der Waals surface area contributed by atoms with E-state index >= 15 is 0 Å². The van der Waals surface area contributed by atoms with E-state index in [0.29, 0.717) is 0 Å². The van der Waals surface area contributed by atoms with E-state index in [1.807, 2.05) is 0 Å². The summed E-state index contributed by atoms with van der Waals surface area (Å²) in [4.78, 5) is 0. The molecule has 1 rings (SSSR count). The van der Waals surface area contributed by atoms with Crippen LogP contribution < -0.4 is 10.5 Å². The number of nitrogens with one attached hydrogen (secondary N) is 2. The number of amidine groups is 1.